The standard InChI is InChI=1S/C21H21ClN2O2/c1-2-3-12-26-21(25)13-15-6-4-5-7-18(15)24-19-10-11-23-20-14-16(22)8-9-17(19)20/h4-11,14H,2-3,12-13H2,1H3,(H,23,24). The van der Waals surface area contributed by atoms with E-state index >= 15 is 0 Å². The summed E-state index contributed by atoms with van der Waals surface area (Å²) in [6, 6.07) is 15.3. The lowest BCUT2D eigenvalue weighted by Gasteiger charge is -2.13. The van der Waals surface area contributed by atoms with Crippen LogP contribution in [0.1, 0.15) is 25.3 Å². The summed E-state index contributed by atoms with van der Waals surface area (Å²) in [6.07, 6.45) is 3.87. The van der Waals surface area contributed by atoms with Crippen LogP contribution in [0.2, 0.25) is 5.02 Å². The minimum absolute atomic E-state index is 0.209. The highest BCUT2D eigenvalue weighted by Crippen LogP contribution is 2.28. The van der Waals surface area contributed by atoms with Crippen molar-refractivity contribution in [2.75, 3.05) is 11.9 Å². The molecule has 0 saturated heterocycles. The first-order chi connectivity index (χ1) is 12.7. The number of benzene rings is 2. The van der Waals surface area contributed by atoms with Crippen LogP contribution < -0.4 is 5.32 Å². The van der Waals surface area contributed by atoms with Crippen molar-refractivity contribution in [3.05, 3.63) is 65.3 Å². The third-order valence-corrected chi connectivity index (χ3v) is 4.32. The number of fused-ring (bicyclic) bond motifs is 1. The Labute approximate surface area is 158 Å². The van der Waals surface area contributed by atoms with Gasteiger partial charge in [-0.25, -0.2) is 0 Å². The zero-order valence-electron chi connectivity index (χ0n) is 14.7. The lowest BCUT2D eigenvalue weighted by atomic mass is 10.1. The Hall–Kier alpha value is -2.59. The van der Waals surface area contributed by atoms with Crippen molar-refractivity contribution >= 4 is 39.8 Å². The first-order valence-electron chi connectivity index (χ1n) is 8.72. The minimum atomic E-state index is -0.209. The van der Waals surface area contributed by atoms with Crippen molar-refractivity contribution in [1.82, 2.24) is 4.98 Å². The van der Waals surface area contributed by atoms with E-state index < -0.39 is 0 Å². The number of aromatic nitrogens is 1. The molecule has 4 nitrogen and oxygen atoms in total. The SMILES string of the molecule is CCCCOC(=O)Cc1ccccc1Nc1ccnc2cc(Cl)ccc12. The molecule has 1 heterocycles. The summed E-state index contributed by atoms with van der Waals surface area (Å²) in [5.41, 5.74) is 3.51. The number of ether oxygens (including phenoxy) is 1. The van der Waals surface area contributed by atoms with Gasteiger partial charge in [0.2, 0.25) is 0 Å². The van der Waals surface area contributed by atoms with Crippen LogP contribution in [0.3, 0.4) is 0 Å². The molecule has 0 saturated carbocycles. The molecule has 3 aromatic rings. The molecule has 0 aliphatic heterocycles. The van der Waals surface area contributed by atoms with E-state index in [4.69, 9.17) is 16.3 Å². The van der Waals surface area contributed by atoms with Crippen LogP contribution in [0.5, 0.6) is 0 Å². The third kappa shape index (κ3) is 4.52. The van der Waals surface area contributed by atoms with Gasteiger partial charge in [0.1, 0.15) is 0 Å². The van der Waals surface area contributed by atoms with Crippen molar-refractivity contribution < 1.29 is 9.53 Å². The van der Waals surface area contributed by atoms with E-state index in [-0.39, 0.29) is 12.4 Å². The van der Waals surface area contributed by atoms with Crippen molar-refractivity contribution in [3.63, 3.8) is 0 Å². The van der Waals surface area contributed by atoms with Crippen LogP contribution in [0.25, 0.3) is 10.9 Å². The topological polar surface area (TPSA) is 51.2 Å². The third-order valence-electron chi connectivity index (χ3n) is 4.09. The number of carbonyl (C=O) groups excluding carboxylic acids is 1. The summed E-state index contributed by atoms with van der Waals surface area (Å²) >= 11 is 6.05. The lowest BCUT2D eigenvalue weighted by Crippen LogP contribution is -2.10. The molecule has 0 amide bonds. The highest BCUT2D eigenvalue weighted by molar-refractivity contribution is 6.31. The number of hydrogen-bond donors (Lipinski definition) is 1. The number of rotatable bonds is 7. The summed E-state index contributed by atoms with van der Waals surface area (Å²) in [5, 5.41) is 5.04. The van der Waals surface area contributed by atoms with Gasteiger partial charge in [-0.2, -0.15) is 0 Å². The lowest BCUT2D eigenvalue weighted by molar-refractivity contribution is -0.142. The fourth-order valence-electron chi connectivity index (χ4n) is 2.71. The van der Waals surface area contributed by atoms with Crippen LogP contribution in [0.4, 0.5) is 11.4 Å². The Bertz CT molecular complexity index is 911. The second-order valence-electron chi connectivity index (χ2n) is 6.05. The summed E-state index contributed by atoms with van der Waals surface area (Å²) < 4.78 is 5.28. The first-order valence-corrected chi connectivity index (χ1v) is 9.10. The molecule has 0 atom stereocenters. The second-order valence-corrected chi connectivity index (χ2v) is 6.49. The van der Waals surface area contributed by atoms with Crippen molar-refractivity contribution in [2.24, 2.45) is 0 Å². The predicted molar refractivity (Wildman–Crippen MR) is 106 cm³/mol. The second kappa shape index (κ2) is 8.68. The molecule has 0 aliphatic carbocycles. The zero-order valence-corrected chi connectivity index (χ0v) is 15.4. The monoisotopic (exact) mass is 368 g/mol. The molecule has 2 aromatic carbocycles. The number of halogens is 1. The van der Waals surface area contributed by atoms with Crippen molar-refractivity contribution in [1.29, 1.82) is 0 Å². The Morgan fingerprint density at radius 3 is 2.85 bits per heavy atom. The van der Waals surface area contributed by atoms with Gasteiger partial charge in [0.05, 0.1) is 18.5 Å². The van der Waals surface area contributed by atoms with Gasteiger partial charge in [-0.1, -0.05) is 43.1 Å². The van der Waals surface area contributed by atoms with E-state index in [9.17, 15) is 4.79 Å². The maximum Gasteiger partial charge on any atom is 0.310 e. The van der Waals surface area contributed by atoms with Crippen molar-refractivity contribution in [3.8, 4) is 0 Å². The van der Waals surface area contributed by atoms with Crippen LogP contribution >= 0.6 is 11.6 Å². The summed E-state index contributed by atoms with van der Waals surface area (Å²) in [7, 11) is 0. The number of nitrogens with zero attached hydrogens (tertiary/aromatic N) is 1. The summed E-state index contributed by atoms with van der Waals surface area (Å²) in [6.45, 7) is 2.54. The van der Waals surface area contributed by atoms with Crippen LogP contribution in [0, 0.1) is 0 Å². The van der Waals surface area contributed by atoms with E-state index in [0.29, 0.717) is 11.6 Å². The molecule has 1 N–H and O–H groups in total. The number of hydrogen-bond acceptors (Lipinski definition) is 4. The molecule has 0 unspecified atom stereocenters. The molecule has 0 fully saturated rings. The van der Waals surface area contributed by atoms with Crippen molar-refractivity contribution in [2.45, 2.75) is 26.2 Å². The molecular formula is C21H21ClN2O2. The molecule has 0 spiro atoms. The first kappa shape index (κ1) is 18.2. The van der Waals surface area contributed by atoms with Gasteiger partial charge < -0.3 is 10.1 Å². The number of unbranched alkanes of at least 4 members (excludes halogenated alkanes) is 1. The van der Waals surface area contributed by atoms with E-state index in [1.807, 2.05) is 48.5 Å². The molecule has 134 valence electrons. The van der Waals surface area contributed by atoms with Gasteiger partial charge in [-0.3, -0.25) is 9.78 Å². The smallest absolute Gasteiger partial charge is 0.310 e. The normalized spacial score (nSPS) is 10.7. The number of esters is 1. The highest BCUT2D eigenvalue weighted by Gasteiger charge is 2.10. The zero-order chi connectivity index (χ0) is 18.4. The molecule has 26 heavy (non-hydrogen) atoms. The van der Waals surface area contributed by atoms with Crippen LogP contribution in [-0.4, -0.2) is 17.6 Å². The summed E-state index contributed by atoms with van der Waals surface area (Å²) in [4.78, 5) is 16.4. The van der Waals surface area contributed by atoms with Crippen LogP contribution in [0.15, 0.2) is 54.7 Å². The van der Waals surface area contributed by atoms with Gasteiger partial charge in [-0.05, 0) is 42.3 Å². The van der Waals surface area contributed by atoms with Gasteiger partial charge in [0.25, 0.3) is 0 Å². The molecule has 5 heteroatoms. The van der Waals surface area contributed by atoms with E-state index in [2.05, 4.69) is 17.2 Å². The van der Waals surface area contributed by atoms with Gasteiger partial charge >= 0.3 is 5.97 Å². The number of para-hydroxylation sites is 1. The fourth-order valence-corrected chi connectivity index (χ4v) is 2.87. The molecule has 0 radical (unpaired) electrons. The number of nitrogens with one attached hydrogen (secondary N) is 1. The number of pyridine rings is 1. The average Bonchev–Trinajstić information content (AvgIpc) is 2.63. The largest absolute Gasteiger partial charge is 0.465 e. The molecule has 3 rings (SSSR count). The quantitative estimate of drug-likeness (QED) is 0.440. The van der Waals surface area contributed by atoms with E-state index in [0.717, 1.165) is 40.7 Å². The van der Waals surface area contributed by atoms with Gasteiger partial charge in [0, 0.05) is 28.0 Å². The molecule has 1 aromatic heterocycles. The Morgan fingerprint density at radius 1 is 1.15 bits per heavy atom. The maximum absolute atomic E-state index is 12.1. The van der Waals surface area contributed by atoms with Crippen LogP contribution in [-0.2, 0) is 16.0 Å². The maximum atomic E-state index is 12.1. The van der Waals surface area contributed by atoms with E-state index in [1.54, 1.807) is 6.20 Å². The fraction of sp³-hybridized carbons (Fsp3) is 0.238. The average molecular weight is 369 g/mol. The Morgan fingerprint density at radius 2 is 2.00 bits per heavy atom. The minimum Gasteiger partial charge on any atom is -0.465 e. The van der Waals surface area contributed by atoms with Gasteiger partial charge in [0.15, 0.2) is 0 Å². The number of carbonyl (C=O) groups is 1. The Kier molecular flexibility index (Phi) is 6.08. The van der Waals surface area contributed by atoms with Gasteiger partial charge in [-0.15, -0.1) is 0 Å². The Balaban J connectivity index is 1.82. The predicted octanol–water partition coefficient (Wildman–Crippen LogP) is 5.52. The molecular weight excluding hydrogens is 348 g/mol. The molecule has 0 aliphatic rings. The highest BCUT2D eigenvalue weighted by atomic mass is 35.5. The number of anilines is 2. The summed E-state index contributed by atoms with van der Waals surface area (Å²) in [5.74, 6) is -0.209. The molecule has 0 bridgehead atoms. The van der Waals surface area contributed by atoms with E-state index in [1.165, 1.54) is 0 Å².